The fourth-order valence-corrected chi connectivity index (χ4v) is 2.94. The molecule has 0 aromatic heterocycles. The van der Waals surface area contributed by atoms with E-state index in [1.165, 1.54) is 16.7 Å². The first-order valence-electron chi connectivity index (χ1n) is 5.11. The number of nitrogens with two attached hydrogens (primary N) is 1. The number of rotatable bonds is 2. The minimum atomic E-state index is -0.214. The lowest BCUT2D eigenvalue weighted by atomic mass is 10.4. The predicted octanol–water partition coefficient (Wildman–Crippen LogP) is 2.87. The number of benzene rings is 1. The molecule has 7 heteroatoms. The molecule has 0 saturated carbocycles. The average Bonchev–Trinajstić information content (AvgIpc) is 2.32. The summed E-state index contributed by atoms with van der Waals surface area (Å²) in [6.07, 6.45) is 0. The van der Waals surface area contributed by atoms with Gasteiger partial charge in [0.05, 0.1) is 16.6 Å². The van der Waals surface area contributed by atoms with Crippen molar-refractivity contribution in [3.05, 3.63) is 39.0 Å². The molecule has 0 radical (unpaired) electrons. The van der Waals surface area contributed by atoms with E-state index in [4.69, 9.17) is 28.9 Å². The highest BCUT2D eigenvalue weighted by Gasteiger charge is 2.21. The van der Waals surface area contributed by atoms with Crippen molar-refractivity contribution < 1.29 is 4.79 Å². The van der Waals surface area contributed by atoms with Crippen LogP contribution in [0.3, 0.4) is 0 Å². The highest BCUT2D eigenvalue weighted by Crippen LogP contribution is 2.37. The molecule has 3 N–H and O–H groups in total. The maximum atomic E-state index is 11.4. The van der Waals surface area contributed by atoms with Gasteiger partial charge in [0.15, 0.2) is 0 Å². The Morgan fingerprint density at radius 1 is 1.44 bits per heavy atom. The number of nitrogens with one attached hydrogen (secondary N) is 1. The van der Waals surface area contributed by atoms with Crippen LogP contribution in [-0.2, 0) is 0 Å². The van der Waals surface area contributed by atoms with E-state index in [0.29, 0.717) is 22.4 Å². The van der Waals surface area contributed by atoms with Crippen molar-refractivity contribution in [1.29, 1.82) is 0 Å². The largest absolute Gasteiger partial charge is 0.384 e. The van der Waals surface area contributed by atoms with E-state index in [9.17, 15) is 4.79 Å². The van der Waals surface area contributed by atoms with Crippen LogP contribution in [0.2, 0.25) is 10.0 Å². The molecule has 1 aromatic rings. The number of thioether (sulfide) groups is 1. The Morgan fingerprint density at radius 3 is 2.89 bits per heavy atom. The Bertz CT molecular complexity index is 533. The zero-order valence-electron chi connectivity index (χ0n) is 9.54. The number of carbonyl (C=O) groups excluding carboxylic acids is 1. The molecule has 1 aliphatic rings. The van der Waals surface area contributed by atoms with E-state index >= 15 is 0 Å². The number of carbonyl (C=O) groups is 1. The van der Waals surface area contributed by atoms with Gasteiger partial charge < -0.3 is 10.6 Å². The molecule has 2 rings (SSSR count). The zero-order valence-corrected chi connectivity index (χ0v) is 11.9. The first kappa shape index (κ1) is 13.4. The molecular weight excluding hydrogens is 293 g/mol. The second-order valence-electron chi connectivity index (χ2n) is 3.78. The summed E-state index contributed by atoms with van der Waals surface area (Å²) < 4.78 is 0. The van der Waals surface area contributed by atoms with Gasteiger partial charge in [-0.3, -0.25) is 5.32 Å². The van der Waals surface area contributed by atoms with Crippen LogP contribution in [0.1, 0.15) is 0 Å². The molecule has 4 nitrogen and oxygen atoms in total. The summed E-state index contributed by atoms with van der Waals surface area (Å²) >= 11 is 13.5. The van der Waals surface area contributed by atoms with Crippen molar-refractivity contribution in [2.45, 2.75) is 4.90 Å². The van der Waals surface area contributed by atoms with Crippen LogP contribution in [0.15, 0.2) is 33.8 Å². The number of halogens is 2. The van der Waals surface area contributed by atoms with Gasteiger partial charge in [0.1, 0.15) is 5.82 Å². The molecule has 0 unspecified atom stereocenters. The van der Waals surface area contributed by atoms with Crippen LogP contribution in [0, 0.1) is 0 Å². The minimum absolute atomic E-state index is 0.214. The van der Waals surface area contributed by atoms with Crippen molar-refractivity contribution in [3.8, 4) is 0 Å². The predicted molar refractivity (Wildman–Crippen MR) is 74.7 cm³/mol. The average molecular weight is 304 g/mol. The van der Waals surface area contributed by atoms with Crippen LogP contribution < -0.4 is 11.1 Å². The third kappa shape index (κ3) is 2.68. The monoisotopic (exact) mass is 303 g/mol. The normalized spacial score (nSPS) is 15.9. The van der Waals surface area contributed by atoms with E-state index in [1.807, 2.05) is 12.1 Å². The van der Waals surface area contributed by atoms with Crippen molar-refractivity contribution in [1.82, 2.24) is 10.2 Å². The van der Waals surface area contributed by atoms with Gasteiger partial charge in [0, 0.05) is 16.8 Å². The third-order valence-electron chi connectivity index (χ3n) is 2.42. The molecule has 0 saturated heterocycles. The molecule has 18 heavy (non-hydrogen) atoms. The SMILES string of the molecule is CN1CC(Sc2cccc(Cl)c2Cl)=C(N)NC1=O. The number of hydrogen-bond donors (Lipinski definition) is 2. The zero-order chi connectivity index (χ0) is 13.3. The first-order valence-corrected chi connectivity index (χ1v) is 6.69. The maximum absolute atomic E-state index is 11.4. The summed E-state index contributed by atoms with van der Waals surface area (Å²) in [5, 5.41) is 3.57. The lowest BCUT2D eigenvalue weighted by Crippen LogP contribution is -2.45. The maximum Gasteiger partial charge on any atom is 0.323 e. The molecular formula is C11H11Cl2N3OS. The summed E-state index contributed by atoms with van der Waals surface area (Å²) in [7, 11) is 1.70. The van der Waals surface area contributed by atoms with E-state index in [2.05, 4.69) is 5.32 Å². The Kier molecular flexibility index (Phi) is 3.94. The van der Waals surface area contributed by atoms with Gasteiger partial charge in [0.2, 0.25) is 0 Å². The molecule has 96 valence electrons. The quantitative estimate of drug-likeness (QED) is 0.883. The van der Waals surface area contributed by atoms with E-state index in [0.717, 1.165) is 9.80 Å². The third-order valence-corrected chi connectivity index (χ3v) is 4.51. The van der Waals surface area contributed by atoms with Crippen LogP contribution in [0.4, 0.5) is 4.79 Å². The fourth-order valence-electron chi connectivity index (χ4n) is 1.44. The summed E-state index contributed by atoms with van der Waals surface area (Å²) in [6, 6.07) is 5.18. The molecule has 0 bridgehead atoms. The highest BCUT2D eigenvalue weighted by molar-refractivity contribution is 8.03. The summed E-state index contributed by atoms with van der Waals surface area (Å²) in [6.45, 7) is 0.450. The van der Waals surface area contributed by atoms with Crippen LogP contribution >= 0.6 is 35.0 Å². The molecule has 0 fully saturated rings. The highest BCUT2D eigenvalue weighted by atomic mass is 35.5. The van der Waals surface area contributed by atoms with Gasteiger partial charge >= 0.3 is 6.03 Å². The first-order chi connectivity index (χ1) is 8.49. The summed E-state index contributed by atoms with van der Waals surface area (Å²) in [5.41, 5.74) is 5.79. The smallest absolute Gasteiger partial charge is 0.323 e. The van der Waals surface area contributed by atoms with Gasteiger partial charge in [-0.1, -0.05) is 41.0 Å². The van der Waals surface area contributed by atoms with Crippen molar-refractivity contribution in [2.24, 2.45) is 5.73 Å². The van der Waals surface area contributed by atoms with Gasteiger partial charge in [-0.2, -0.15) is 0 Å². The lowest BCUT2D eigenvalue weighted by Gasteiger charge is -2.26. The topological polar surface area (TPSA) is 58.4 Å². The number of urea groups is 1. The standard InChI is InChI=1S/C11H11Cl2N3OS/c1-16-5-8(10(14)15-11(16)17)18-7-4-2-3-6(12)9(7)13/h2-4H,5,14H2,1H3,(H,15,17). The van der Waals surface area contributed by atoms with Crippen LogP contribution in [0.5, 0.6) is 0 Å². The Hall–Kier alpha value is -1.04. The Morgan fingerprint density at radius 2 is 2.17 bits per heavy atom. The molecule has 0 atom stereocenters. The fraction of sp³-hybridized carbons (Fsp3) is 0.182. The Balaban J connectivity index is 2.26. The van der Waals surface area contributed by atoms with Gasteiger partial charge in [-0.15, -0.1) is 0 Å². The van der Waals surface area contributed by atoms with Gasteiger partial charge in [-0.25, -0.2) is 4.79 Å². The summed E-state index contributed by atoms with van der Waals surface area (Å²) in [5.74, 6) is 0.360. The molecule has 2 amide bonds. The van der Waals surface area contributed by atoms with Crippen LogP contribution in [0.25, 0.3) is 0 Å². The van der Waals surface area contributed by atoms with Crippen LogP contribution in [-0.4, -0.2) is 24.5 Å². The number of likely N-dealkylation sites (N-methyl/N-ethyl adjacent to an activating group) is 1. The molecule has 1 heterocycles. The van der Waals surface area contributed by atoms with Gasteiger partial charge in [0.25, 0.3) is 0 Å². The van der Waals surface area contributed by atoms with Crippen molar-refractivity contribution in [3.63, 3.8) is 0 Å². The Labute approximate surface area is 119 Å². The number of nitrogens with zero attached hydrogens (tertiary/aromatic N) is 1. The molecule has 0 aliphatic carbocycles. The minimum Gasteiger partial charge on any atom is -0.384 e. The van der Waals surface area contributed by atoms with E-state index < -0.39 is 0 Å². The van der Waals surface area contributed by atoms with E-state index in [-0.39, 0.29) is 6.03 Å². The summed E-state index contributed by atoms with van der Waals surface area (Å²) in [4.78, 5) is 14.6. The second-order valence-corrected chi connectivity index (χ2v) is 5.70. The second kappa shape index (κ2) is 5.30. The molecule has 1 aromatic carbocycles. The number of amides is 2. The lowest BCUT2D eigenvalue weighted by molar-refractivity contribution is 0.212. The van der Waals surface area contributed by atoms with Crippen molar-refractivity contribution >= 4 is 41.0 Å². The molecule has 1 aliphatic heterocycles. The number of hydrogen-bond acceptors (Lipinski definition) is 3. The van der Waals surface area contributed by atoms with Crippen molar-refractivity contribution in [2.75, 3.05) is 13.6 Å². The van der Waals surface area contributed by atoms with E-state index in [1.54, 1.807) is 13.1 Å². The molecule has 0 spiro atoms. The van der Waals surface area contributed by atoms with Gasteiger partial charge in [-0.05, 0) is 12.1 Å².